The maximum absolute atomic E-state index is 11.5. The van der Waals surface area contributed by atoms with Crippen molar-refractivity contribution in [2.45, 2.75) is 60.3 Å². The molecule has 3 heterocycles. The number of benzene rings is 1. The van der Waals surface area contributed by atoms with Crippen LogP contribution in [0.2, 0.25) is 0 Å². The molecule has 1 aromatic rings. The highest BCUT2D eigenvalue weighted by molar-refractivity contribution is 8.00. The average Bonchev–Trinajstić information content (AvgIpc) is 3.31. The van der Waals surface area contributed by atoms with E-state index in [-0.39, 0.29) is 28.6 Å². The van der Waals surface area contributed by atoms with E-state index in [4.69, 9.17) is 9.47 Å². The van der Waals surface area contributed by atoms with Gasteiger partial charge in [-0.15, -0.1) is 11.8 Å². The van der Waals surface area contributed by atoms with Gasteiger partial charge in [-0.2, -0.15) is 0 Å². The van der Waals surface area contributed by atoms with Crippen molar-refractivity contribution in [2.75, 3.05) is 19.3 Å². The second kappa shape index (κ2) is 6.68. The normalized spacial score (nSPS) is 47.5. The number of aliphatic hydroxyl groups is 3. The Morgan fingerprint density at radius 2 is 2.03 bits per heavy atom. The zero-order valence-electron chi connectivity index (χ0n) is 18.5. The standard InChI is InChI=1S/C24H27NO8S/c1-25-8-23-5-9-2-3-12(26)17-13(9)24(7-23)11(19(23)25)4-10(20(24)32-17)6-34-22-16(29)14(27)15(28)18(33-22)21(30)31/h2-4,11,14-16,18-20,22,26-29H,5-8H2,1H3,(H,30,31)/t11?,14-,15?,16?,18-,19?,20?,22-,23?,24?/m0/s1. The average molecular weight is 490 g/mol. The van der Waals surface area contributed by atoms with Gasteiger partial charge in [0, 0.05) is 40.7 Å². The van der Waals surface area contributed by atoms with Crippen LogP contribution in [0.25, 0.3) is 0 Å². The van der Waals surface area contributed by atoms with Crippen LogP contribution >= 0.6 is 11.8 Å². The molecular weight excluding hydrogens is 462 g/mol. The third-order valence-electron chi connectivity index (χ3n) is 9.14. The molecule has 182 valence electrons. The van der Waals surface area contributed by atoms with Crippen LogP contribution < -0.4 is 4.74 Å². The molecule has 3 fully saturated rings. The van der Waals surface area contributed by atoms with Crippen molar-refractivity contribution >= 4 is 17.7 Å². The maximum atomic E-state index is 11.5. The summed E-state index contributed by atoms with van der Waals surface area (Å²) in [5.41, 5.74) is 2.42. The Kier molecular flexibility index (Phi) is 4.22. The number of aliphatic hydroxyl groups excluding tert-OH is 3. The Morgan fingerprint density at radius 1 is 1.24 bits per heavy atom. The van der Waals surface area contributed by atoms with Gasteiger partial charge >= 0.3 is 5.97 Å². The van der Waals surface area contributed by atoms with Gasteiger partial charge < -0.3 is 39.9 Å². The number of phenolic OH excluding ortho intramolecular Hbond substituents is 1. The molecular formula is C24H27NO8S. The van der Waals surface area contributed by atoms with Crippen molar-refractivity contribution in [1.29, 1.82) is 0 Å². The number of fused-ring (bicyclic) bond motifs is 1. The molecule has 1 saturated carbocycles. The van der Waals surface area contributed by atoms with E-state index in [1.165, 1.54) is 17.3 Å². The molecule has 7 rings (SSSR count). The summed E-state index contributed by atoms with van der Waals surface area (Å²) in [5.74, 6) is 0.00619. The second-order valence-electron chi connectivity index (χ2n) is 10.9. The van der Waals surface area contributed by atoms with E-state index in [9.17, 15) is 30.3 Å². The number of hydrogen-bond acceptors (Lipinski definition) is 9. The number of aliphatic carboxylic acids is 1. The van der Waals surface area contributed by atoms with Crippen LogP contribution in [0.4, 0.5) is 0 Å². The van der Waals surface area contributed by atoms with E-state index >= 15 is 0 Å². The minimum atomic E-state index is -1.70. The molecule has 3 aliphatic heterocycles. The smallest absolute Gasteiger partial charge is 0.335 e. The number of rotatable bonds is 4. The first-order chi connectivity index (χ1) is 16.2. The van der Waals surface area contributed by atoms with Crippen LogP contribution in [0, 0.1) is 11.3 Å². The maximum Gasteiger partial charge on any atom is 0.335 e. The summed E-state index contributed by atoms with van der Waals surface area (Å²) < 4.78 is 11.9. The molecule has 2 spiro atoms. The molecule has 10 heteroatoms. The molecule has 0 amide bonds. The fraction of sp³-hybridized carbons (Fsp3) is 0.625. The van der Waals surface area contributed by atoms with Crippen LogP contribution in [0.1, 0.15) is 17.5 Å². The van der Waals surface area contributed by atoms with Gasteiger partial charge in [0.05, 0.1) is 0 Å². The first-order valence-corrected chi connectivity index (χ1v) is 12.7. The number of carbonyl (C=O) groups is 1. The zero-order valence-corrected chi connectivity index (χ0v) is 19.3. The zero-order chi connectivity index (χ0) is 23.7. The van der Waals surface area contributed by atoms with E-state index in [1.807, 2.05) is 6.07 Å². The van der Waals surface area contributed by atoms with Gasteiger partial charge in [0.15, 0.2) is 17.6 Å². The number of thioether (sulfide) groups is 1. The van der Waals surface area contributed by atoms with Crippen molar-refractivity contribution in [3.05, 3.63) is 34.9 Å². The van der Waals surface area contributed by atoms with Crippen molar-refractivity contribution in [3.8, 4) is 11.5 Å². The number of carboxylic acids is 1. The summed E-state index contributed by atoms with van der Waals surface area (Å²) in [6.45, 7) is 1.05. The predicted octanol–water partition coefficient (Wildman–Crippen LogP) is -0.167. The Hall–Kier alpha value is -1.82. The van der Waals surface area contributed by atoms with Gasteiger partial charge in [-0.25, -0.2) is 4.79 Å². The van der Waals surface area contributed by atoms with E-state index in [0.29, 0.717) is 17.5 Å². The van der Waals surface area contributed by atoms with Crippen molar-refractivity contribution in [1.82, 2.24) is 4.90 Å². The van der Waals surface area contributed by atoms with E-state index in [0.717, 1.165) is 30.5 Å². The van der Waals surface area contributed by atoms with Crippen molar-refractivity contribution in [2.24, 2.45) is 11.3 Å². The topological polar surface area (TPSA) is 140 Å². The molecule has 2 bridgehead atoms. The number of phenols is 1. The van der Waals surface area contributed by atoms with Crippen LogP contribution in [-0.2, 0) is 21.4 Å². The molecule has 3 aliphatic carbocycles. The lowest BCUT2D eigenvalue weighted by molar-refractivity contribution is -0.209. The highest BCUT2D eigenvalue weighted by atomic mass is 32.2. The molecule has 2 saturated heterocycles. The molecule has 0 aromatic heterocycles. The fourth-order valence-electron chi connectivity index (χ4n) is 8.17. The third kappa shape index (κ3) is 2.37. The fourth-order valence-corrected chi connectivity index (χ4v) is 9.33. The number of ether oxygens (including phenoxy) is 2. The Bertz CT molecular complexity index is 1140. The van der Waals surface area contributed by atoms with Gasteiger partial charge in [-0.1, -0.05) is 12.1 Å². The van der Waals surface area contributed by atoms with E-state index in [1.54, 1.807) is 6.07 Å². The minimum absolute atomic E-state index is 0.157. The Morgan fingerprint density at radius 3 is 2.76 bits per heavy atom. The van der Waals surface area contributed by atoms with Crippen LogP contribution in [0.3, 0.4) is 0 Å². The number of likely N-dealkylation sites (tertiary alicyclic amines) is 1. The molecule has 0 radical (unpaired) electrons. The van der Waals surface area contributed by atoms with Gasteiger partial charge in [-0.3, -0.25) is 0 Å². The quantitative estimate of drug-likeness (QED) is 0.362. The van der Waals surface area contributed by atoms with Gasteiger partial charge in [0.2, 0.25) is 0 Å². The Balaban J connectivity index is 1.21. The molecule has 34 heavy (non-hydrogen) atoms. The first kappa shape index (κ1) is 21.5. The summed E-state index contributed by atoms with van der Waals surface area (Å²) in [7, 11) is 2.16. The molecule has 6 aliphatic rings. The lowest BCUT2D eigenvalue weighted by atomic mass is 9.62. The largest absolute Gasteiger partial charge is 0.504 e. The summed E-state index contributed by atoms with van der Waals surface area (Å²) in [4.78, 5) is 13.9. The summed E-state index contributed by atoms with van der Waals surface area (Å²) in [5, 5.41) is 50.5. The first-order valence-electron chi connectivity index (χ1n) is 11.6. The molecule has 10 atom stereocenters. The highest BCUT2D eigenvalue weighted by Gasteiger charge is 2.76. The Labute approximate surface area is 200 Å². The minimum Gasteiger partial charge on any atom is -0.504 e. The lowest BCUT2D eigenvalue weighted by Gasteiger charge is -2.55. The second-order valence-corrected chi connectivity index (χ2v) is 12.0. The SMILES string of the molecule is CN1CC23Cc4ccc(O)c5c4C4(C2)C(O5)C(CS[C@@H]2O[C@H](C(=O)O)C(O)[C@H](O)C2O)=CC4C13. The van der Waals surface area contributed by atoms with Crippen molar-refractivity contribution < 1.29 is 39.8 Å². The lowest BCUT2D eigenvalue weighted by Crippen LogP contribution is -2.62. The van der Waals surface area contributed by atoms with E-state index < -0.39 is 35.8 Å². The molecule has 1 aromatic carbocycles. The molecule has 9 nitrogen and oxygen atoms in total. The summed E-state index contributed by atoms with van der Waals surface area (Å²) >= 11 is 1.20. The number of carboxylic acid groups (broad SMARTS) is 1. The van der Waals surface area contributed by atoms with E-state index in [2.05, 4.69) is 18.0 Å². The van der Waals surface area contributed by atoms with Crippen LogP contribution in [0.15, 0.2) is 23.8 Å². The predicted molar refractivity (Wildman–Crippen MR) is 120 cm³/mol. The van der Waals surface area contributed by atoms with Gasteiger partial charge in [0.1, 0.15) is 29.9 Å². The van der Waals surface area contributed by atoms with Gasteiger partial charge in [0.25, 0.3) is 0 Å². The van der Waals surface area contributed by atoms with Crippen LogP contribution in [0.5, 0.6) is 11.5 Å². The molecule has 5 N–H and O–H groups in total. The highest BCUT2D eigenvalue weighted by Crippen LogP contribution is 2.74. The third-order valence-corrected chi connectivity index (χ3v) is 10.4. The number of aromatic hydroxyl groups is 1. The van der Waals surface area contributed by atoms with Crippen LogP contribution in [-0.4, -0.2) is 97.7 Å². The summed E-state index contributed by atoms with van der Waals surface area (Å²) in [6, 6.07) is 4.16. The number of nitrogens with zero attached hydrogens (tertiary/aromatic N) is 1. The summed E-state index contributed by atoms with van der Waals surface area (Å²) in [6.07, 6.45) is -2.30. The van der Waals surface area contributed by atoms with Crippen molar-refractivity contribution in [3.63, 3.8) is 0 Å². The monoisotopic (exact) mass is 489 g/mol. The molecule has 7 unspecified atom stereocenters. The number of hydrogen-bond donors (Lipinski definition) is 5. The van der Waals surface area contributed by atoms with Gasteiger partial charge in [-0.05, 0) is 37.1 Å².